The normalized spacial score (nSPS) is 18.3. The van der Waals surface area contributed by atoms with E-state index in [0.29, 0.717) is 18.8 Å². The molecule has 0 aliphatic carbocycles. The molecule has 0 radical (unpaired) electrons. The molecule has 5 heteroatoms. The van der Waals surface area contributed by atoms with Gasteiger partial charge in [-0.15, -0.1) is 0 Å². The second-order valence-electron chi connectivity index (χ2n) is 4.87. The summed E-state index contributed by atoms with van der Waals surface area (Å²) in [7, 11) is 0. The Kier molecular flexibility index (Phi) is 3.80. The summed E-state index contributed by atoms with van der Waals surface area (Å²) < 4.78 is 18.7. The largest absolute Gasteiger partial charge is 0.370 e. The monoisotopic (exact) mass is 283 g/mol. The second-order valence-corrected chi connectivity index (χ2v) is 4.87. The molecule has 1 atom stereocenters. The van der Waals surface area contributed by atoms with E-state index in [1.54, 1.807) is 24.4 Å². The number of nitriles is 1. The summed E-state index contributed by atoms with van der Waals surface area (Å²) in [5.41, 5.74) is 2.33. The Hall–Kier alpha value is -2.45. The zero-order valence-corrected chi connectivity index (χ0v) is 11.4. The van der Waals surface area contributed by atoms with E-state index in [4.69, 9.17) is 10.00 Å². The zero-order chi connectivity index (χ0) is 14.7. The SMILES string of the molecule is N#Cc1ccc(N2CCOC(c3ccc(F)cc3)C2)cn1. The highest BCUT2D eigenvalue weighted by atomic mass is 19.1. The minimum absolute atomic E-state index is 0.0880. The molecule has 21 heavy (non-hydrogen) atoms. The molecule has 0 spiro atoms. The summed E-state index contributed by atoms with van der Waals surface area (Å²) >= 11 is 0. The Morgan fingerprint density at radius 3 is 2.71 bits per heavy atom. The zero-order valence-electron chi connectivity index (χ0n) is 11.4. The van der Waals surface area contributed by atoms with Crippen LogP contribution in [-0.4, -0.2) is 24.7 Å². The van der Waals surface area contributed by atoms with Gasteiger partial charge in [0.2, 0.25) is 0 Å². The van der Waals surface area contributed by atoms with E-state index in [9.17, 15) is 4.39 Å². The molecule has 1 fully saturated rings. The first-order valence-corrected chi connectivity index (χ1v) is 6.74. The molecule has 0 saturated carbocycles. The Balaban J connectivity index is 1.76. The van der Waals surface area contributed by atoms with Crippen LogP contribution in [-0.2, 0) is 4.74 Å². The smallest absolute Gasteiger partial charge is 0.140 e. The Morgan fingerprint density at radius 1 is 1.24 bits per heavy atom. The minimum Gasteiger partial charge on any atom is -0.370 e. The molecule has 0 amide bonds. The number of aromatic nitrogens is 1. The van der Waals surface area contributed by atoms with Crippen LogP contribution in [0.1, 0.15) is 17.4 Å². The van der Waals surface area contributed by atoms with Crippen LogP contribution in [0.5, 0.6) is 0 Å². The average molecular weight is 283 g/mol. The first-order chi connectivity index (χ1) is 10.3. The lowest BCUT2D eigenvalue weighted by molar-refractivity contribution is 0.0397. The number of pyridine rings is 1. The lowest BCUT2D eigenvalue weighted by Gasteiger charge is -2.34. The van der Waals surface area contributed by atoms with Gasteiger partial charge in [0.25, 0.3) is 0 Å². The van der Waals surface area contributed by atoms with Crippen molar-refractivity contribution >= 4 is 5.69 Å². The van der Waals surface area contributed by atoms with Crippen LogP contribution in [0.25, 0.3) is 0 Å². The molecular weight excluding hydrogens is 269 g/mol. The second kappa shape index (κ2) is 5.90. The number of halogens is 1. The van der Waals surface area contributed by atoms with Gasteiger partial charge < -0.3 is 9.64 Å². The van der Waals surface area contributed by atoms with Gasteiger partial charge in [-0.05, 0) is 29.8 Å². The molecular formula is C16H14FN3O. The Labute approximate surface area is 122 Å². The molecule has 3 rings (SSSR count). The van der Waals surface area contributed by atoms with Crippen LogP contribution in [0.15, 0.2) is 42.6 Å². The molecule has 1 aliphatic rings. The standard InChI is InChI=1S/C16H14FN3O/c17-13-3-1-12(2-4-13)16-11-20(7-8-21-16)15-6-5-14(9-18)19-10-15/h1-6,10,16H,7-8,11H2. The van der Waals surface area contributed by atoms with Crippen molar-refractivity contribution in [1.29, 1.82) is 5.26 Å². The molecule has 1 aliphatic heterocycles. The average Bonchev–Trinajstić information content (AvgIpc) is 2.56. The number of hydrogen-bond acceptors (Lipinski definition) is 4. The first-order valence-electron chi connectivity index (χ1n) is 6.74. The van der Waals surface area contributed by atoms with Gasteiger partial charge in [0, 0.05) is 13.1 Å². The van der Waals surface area contributed by atoms with Crippen molar-refractivity contribution < 1.29 is 9.13 Å². The van der Waals surface area contributed by atoms with Crippen molar-refractivity contribution in [3.8, 4) is 6.07 Å². The molecule has 2 aromatic rings. The van der Waals surface area contributed by atoms with Gasteiger partial charge in [0.15, 0.2) is 0 Å². The summed E-state index contributed by atoms with van der Waals surface area (Å²) in [5.74, 6) is -0.247. The van der Waals surface area contributed by atoms with Crippen molar-refractivity contribution in [3.63, 3.8) is 0 Å². The van der Waals surface area contributed by atoms with Gasteiger partial charge in [0.05, 0.1) is 18.5 Å². The van der Waals surface area contributed by atoms with Crippen LogP contribution < -0.4 is 4.90 Å². The van der Waals surface area contributed by atoms with Crippen molar-refractivity contribution in [3.05, 3.63) is 59.7 Å². The van der Waals surface area contributed by atoms with Crippen molar-refractivity contribution in [1.82, 2.24) is 4.98 Å². The fourth-order valence-electron chi connectivity index (χ4n) is 2.40. The third-order valence-corrected chi connectivity index (χ3v) is 3.54. The van der Waals surface area contributed by atoms with Gasteiger partial charge in [-0.1, -0.05) is 12.1 Å². The first kappa shape index (κ1) is 13.5. The quantitative estimate of drug-likeness (QED) is 0.850. The molecule has 0 bridgehead atoms. The maximum Gasteiger partial charge on any atom is 0.140 e. The number of rotatable bonds is 2. The summed E-state index contributed by atoms with van der Waals surface area (Å²) in [6.45, 7) is 2.05. The van der Waals surface area contributed by atoms with Gasteiger partial charge >= 0.3 is 0 Å². The maximum atomic E-state index is 13.0. The van der Waals surface area contributed by atoms with Crippen LogP contribution in [0.3, 0.4) is 0 Å². The van der Waals surface area contributed by atoms with E-state index in [1.807, 2.05) is 12.1 Å². The molecule has 1 unspecified atom stereocenters. The van der Waals surface area contributed by atoms with Gasteiger partial charge in [-0.2, -0.15) is 5.26 Å². The van der Waals surface area contributed by atoms with Crippen LogP contribution >= 0.6 is 0 Å². The van der Waals surface area contributed by atoms with E-state index in [2.05, 4.69) is 9.88 Å². The number of anilines is 1. The molecule has 4 nitrogen and oxygen atoms in total. The number of nitrogens with zero attached hydrogens (tertiary/aromatic N) is 3. The lowest BCUT2D eigenvalue weighted by atomic mass is 10.1. The van der Waals surface area contributed by atoms with E-state index in [0.717, 1.165) is 17.8 Å². The molecule has 2 heterocycles. The Bertz CT molecular complexity index is 649. The van der Waals surface area contributed by atoms with E-state index < -0.39 is 0 Å². The summed E-state index contributed by atoms with van der Waals surface area (Å²) in [6.07, 6.45) is 1.61. The van der Waals surface area contributed by atoms with Crippen molar-refractivity contribution in [2.45, 2.75) is 6.10 Å². The van der Waals surface area contributed by atoms with Gasteiger partial charge in [-0.3, -0.25) is 0 Å². The fourth-order valence-corrected chi connectivity index (χ4v) is 2.40. The van der Waals surface area contributed by atoms with Crippen LogP contribution in [0.2, 0.25) is 0 Å². The Morgan fingerprint density at radius 2 is 2.05 bits per heavy atom. The number of benzene rings is 1. The summed E-state index contributed by atoms with van der Waals surface area (Å²) in [5, 5.41) is 8.78. The molecule has 1 saturated heterocycles. The topological polar surface area (TPSA) is 49.2 Å². The number of hydrogen-bond donors (Lipinski definition) is 0. The third-order valence-electron chi connectivity index (χ3n) is 3.54. The van der Waals surface area contributed by atoms with E-state index in [-0.39, 0.29) is 11.9 Å². The van der Waals surface area contributed by atoms with Gasteiger partial charge in [-0.25, -0.2) is 9.37 Å². The van der Waals surface area contributed by atoms with Gasteiger partial charge in [0.1, 0.15) is 23.7 Å². The minimum atomic E-state index is -0.247. The highest BCUT2D eigenvalue weighted by Gasteiger charge is 2.22. The van der Waals surface area contributed by atoms with Crippen LogP contribution in [0, 0.1) is 17.1 Å². The summed E-state index contributed by atoms with van der Waals surface area (Å²) in [4.78, 5) is 6.25. The number of morpholine rings is 1. The van der Waals surface area contributed by atoms with Crippen molar-refractivity contribution in [2.24, 2.45) is 0 Å². The molecule has 1 aromatic carbocycles. The predicted octanol–water partition coefficient (Wildman–Crippen LogP) is 2.67. The van der Waals surface area contributed by atoms with Crippen LogP contribution in [0.4, 0.5) is 10.1 Å². The number of ether oxygens (including phenoxy) is 1. The van der Waals surface area contributed by atoms with E-state index >= 15 is 0 Å². The summed E-state index contributed by atoms with van der Waals surface area (Å²) in [6, 6.07) is 12.0. The molecule has 1 aromatic heterocycles. The predicted molar refractivity (Wildman–Crippen MR) is 76.3 cm³/mol. The maximum absolute atomic E-state index is 13.0. The molecule has 0 N–H and O–H groups in total. The lowest BCUT2D eigenvalue weighted by Crippen LogP contribution is -2.38. The third kappa shape index (κ3) is 3.01. The molecule has 106 valence electrons. The fraction of sp³-hybridized carbons (Fsp3) is 0.250. The highest BCUT2D eigenvalue weighted by molar-refractivity contribution is 5.46. The highest BCUT2D eigenvalue weighted by Crippen LogP contribution is 2.25. The van der Waals surface area contributed by atoms with E-state index in [1.165, 1.54) is 12.1 Å². The van der Waals surface area contributed by atoms with Crippen molar-refractivity contribution in [2.75, 3.05) is 24.6 Å².